The molecule has 5 nitrogen and oxygen atoms in total. The number of benzene rings is 2. The number of halogens is 1. The number of carbonyl (C=O) groups is 1. The van der Waals surface area contributed by atoms with Crippen LogP contribution >= 0.6 is 23.8 Å². The van der Waals surface area contributed by atoms with Gasteiger partial charge in [-0.05, 0) is 30.4 Å². The number of likely N-dealkylation sites (N-methyl/N-ethyl adjacent to an activating group) is 1. The van der Waals surface area contributed by atoms with E-state index in [9.17, 15) is 4.79 Å². The van der Waals surface area contributed by atoms with Crippen molar-refractivity contribution in [1.82, 2.24) is 10.2 Å². The van der Waals surface area contributed by atoms with Crippen molar-refractivity contribution in [3.63, 3.8) is 0 Å². The predicted molar refractivity (Wildman–Crippen MR) is 118 cm³/mol. The average Bonchev–Trinajstić information content (AvgIpc) is 2.79. The molecule has 0 saturated heterocycles. The van der Waals surface area contributed by atoms with Gasteiger partial charge < -0.3 is 15.1 Å². The standard InChI is InChI=1S/C21H19ClN4OS/c1-4-12-25(2)21(28)24-19-20(27)26(3)17-11-10-15(22)13-16(17)18(23-19)14-8-6-5-7-9-14/h1,5-11,13,19H,12H2,2-3H3,(H,24,28). The number of nitrogens with zero attached hydrogens (tertiary/aromatic N) is 3. The van der Waals surface area contributed by atoms with Gasteiger partial charge in [-0.1, -0.05) is 47.9 Å². The minimum Gasteiger partial charge on any atom is -0.341 e. The lowest BCUT2D eigenvalue weighted by atomic mass is 10.0. The molecule has 28 heavy (non-hydrogen) atoms. The molecule has 0 radical (unpaired) electrons. The summed E-state index contributed by atoms with van der Waals surface area (Å²) in [6.45, 7) is 0.327. The number of amides is 1. The number of rotatable bonds is 3. The molecule has 1 amide bonds. The van der Waals surface area contributed by atoms with Crippen LogP contribution in [0.1, 0.15) is 11.1 Å². The molecule has 1 heterocycles. The van der Waals surface area contributed by atoms with Crippen molar-refractivity contribution < 1.29 is 4.79 Å². The highest BCUT2D eigenvalue weighted by molar-refractivity contribution is 7.80. The van der Waals surface area contributed by atoms with Gasteiger partial charge in [0.2, 0.25) is 6.17 Å². The van der Waals surface area contributed by atoms with Crippen molar-refractivity contribution >= 4 is 46.2 Å². The van der Waals surface area contributed by atoms with Gasteiger partial charge in [0.05, 0.1) is 17.9 Å². The molecule has 0 aliphatic carbocycles. The molecule has 0 fully saturated rings. The predicted octanol–water partition coefficient (Wildman–Crippen LogP) is 2.92. The Morgan fingerprint density at radius 3 is 2.75 bits per heavy atom. The summed E-state index contributed by atoms with van der Waals surface area (Å²) in [6.07, 6.45) is 4.46. The minimum absolute atomic E-state index is 0.231. The van der Waals surface area contributed by atoms with E-state index in [1.165, 1.54) is 0 Å². The number of terminal acetylenes is 1. The lowest BCUT2D eigenvalue weighted by molar-refractivity contribution is -0.119. The molecule has 1 N–H and O–H groups in total. The van der Waals surface area contributed by atoms with Crippen LogP contribution in [0, 0.1) is 12.3 Å². The van der Waals surface area contributed by atoms with Crippen molar-refractivity contribution in [3.8, 4) is 12.3 Å². The normalized spacial score (nSPS) is 15.8. The molecule has 142 valence electrons. The second kappa shape index (κ2) is 8.42. The highest BCUT2D eigenvalue weighted by Gasteiger charge is 2.31. The van der Waals surface area contributed by atoms with Gasteiger partial charge in [0.25, 0.3) is 5.91 Å². The van der Waals surface area contributed by atoms with Crippen molar-refractivity contribution in [2.24, 2.45) is 4.99 Å². The molecule has 0 aromatic heterocycles. The fraction of sp³-hybridized carbons (Fsp3) is 0.190. The van der Waals surface area contributed by atoms with Crippen LogP contribution < -0.4 is 10.2 Å². The minimum atomic E-state index is -0.890. The Labute approximate surface area is 175 Å². The summed E-state index contributed by atoms with van der Waals surface area (Å²) >= 11 is 11.6. The van der Waals surface area contributed by atoms with E-state index in [0.29, 0.717) is 22.4 Å². The van der Waals surface area contributed by atoms with Crippen LogP contribution in [0.2, 0.25) is 5.02 Å². The number of anilines is 1. The summed E-state index contributed by atoms with van der Waals surface area (Å²) < 4.78 is 0. The van der Waals surface area contributed by atoms with E-state index in [2.05, 4.69) is 11.2 Å². The zero-order valence-corrected chi connectivity index (χ0v) is 17.1. The smallest absolute Gasteiger partial charge is 0.272 e. The number of carbonyl (C=O) groups excluding carboxylic acids is 1. The van der Waals surface area contributed by atoms with Gasteiger partial charge in [-0.2, -0.15) is 0 Å². The largest absolute Gasteiger partial charge is 0.341 e. The van der Waals surface area contributed by atoms with Gasteiger partial charge in [-0.15, -0.1) is 6.42 Å². The topological polar surface area (TPSA) is 47.9 Å². The Bertz CT molecular complexity index is 984. The highest BCUT2D eigenvalue weighted by Crippen LogP contribution is 2.29. The first-order valence-corrected chi connectivity index (χ1v) is 9.37. The highest BCUT2D eigenvalue weighted by atomic mass is 35.5. The Morgan fingerprint density at radius 2 is 2.07 bits per heavy atom. The first-order valence-electron chi connectivity index (χ1n) is 8.58. The Hall–Kier alpha value is -2.88. The molecule has 2 aromatic carbocycles. The van der Waals surface area contributed by atoms with Crippen LogP contribution in [0.3, 0.4) is 0 Å². The maximum absolute atomic E-state index is 13.1. The molecule has 0 bridgehead atoms. The van der Waals surface area contributed by atoms with Crippen LogP contribution in [0.25, 0.3) is 0 Å². The molecule has 1 aliphatic rings. The third kappa shape index (κ3) is 4.01. The van der Waals surface area contributed by atoms with Crippen LogP contribution in [0.5, 0.6) is 0 Å². The van der Waals surface area contributed by atoms with E-state index < -0.39 is 6.17 Å². The molecule has 1 atom stereocenters. The molecule has 3 rings (SSSR count). The number of aliphatic imine (C=N–C) groups is 1. The lowest BCUT2D eigenvalue weighted by Crippen LogP contribution is -2.49. The first kappa shape index (κ1) is 19.9. The van der Waals surface area contributed by atoms with Gasteiger partial charge in [0.1, 0.15) is 0 Å². The summed E-state index contributed by atoms with van der Waals surface area (Å²) in [5.74, 6) is 2.29. The number of hydrogen-bond acceptors (Lipinski definition) is 3. The Kier molecular flexibility index (Phi) is 5.98. The van der Waals surface area contributed by atoms with Crippen LogP contribution in [-0.4, -0.2) is 48.4 Å². The maximum Gasteiger partial charge on any atom is 0.272 e. The summed E-state index contributed by atoms with van der Waals surface area (Å²) in [4.78, 5) is 21.1. The molecular formula is C21H19ClN4OS. The van der Waals surface area contributed by atoms with Crippen molar-refractivity contribution in [2.45, 2.75) is 6.17 Å². The van der Waals surface area contributed by atoms with E-state index in [1.807, 2.05) is 42.5 Å². The Balaban J connectivity index is 2.10. The Morgan fingerprint density at radius 1 is 1.36 bits per heavy atom. The molecule has 7 heteroatoms. The van der Waals surface area contributed by atoms with Crippen LogP contribution in [0.15, 0.2) is 53.5 Å². The summed E-state index contributed by atoms with van der Waals surface area (Å²) in [6, 6.07) is 15.1. The number of fused-ring (bicyclic) bond motifs is 1. The molecule has 1 aliphatic heterocycles. The average molecular weight is 411 g/mol. The maximum atomic E-state index is 13.1. The van der Waals surface area contributed by atoms with Gasteiger partial charge in [0, 0.05) is 30.2 Å². The summed E-state index contributed by atoms with van der Waals surface area (Å²) in [5.41, 5.74) is 3.05. The van der Waals surface area contributed by atoms with Crippen molar-refractivity contribution in [3.05, 3.63) is 64.7 Å². The number of nitrogens with one attached hydrogen (secondary N) is 1. The van der Waals surface area contributed by atoms with Gasteiger partial charge in [-0.3, -0.25) is 4.79 Å². The lowest BCUT2D eigenvalue weighted by Gasteiger charge is -2.24. The number of benzodiazepines with no additional fused rings is 1. The van der Waals surface area contributed by atoms with E-state index in [4.69, 9.17) is 35.2 Å². The molecule has 1 unspecified atom stereocenters. The number of hydrogen-bond donors (Lipinski definition) is 1. The summed E-state index contributed by atoms with van der Waals surface area (Å²) in [5, 5.41) is 3.94. The SMILES string of the molecule is C#CCN(C)C(=S)NC1N=C(c2ccccc2)c2cc(Cl)ccc2N(C)C1=O. The van der Waals surface area contributed by atoms with E-state index >= 15 is 0 Å². The van der Waals surface area contributed by atoms with E-state index in [1.54, 1.807) is 30.0 Å². The van der Waals surface area contributed by atoms with Crippen LogP contribution in [0.4, 0.5) is 5.69 Å². The fourth-order valence-electron chi connectivity index (χ4n) is 2.90. The van der Waals surface area contributed by atoms with Gasteiger partial charge in [0.15, 0.2) is 5.11 Å². The third-order valence-electron chi connectivity index (χ3n) is 4.38. The zero-order chi connectivity index (χ0) is 20.3. The second-order valence-corrected chi connectivity index (χ2v) is 7.14. The number of thiocarbonyl (C=S) groups is 1. The van der Waals surface area contributed by atoms with Crippen molar-refractivity contribution in [2.75, 3.05) is 25.5 Å². The zero-order valence-electron chi connectivity index (χ0n) is 15.5. The van der Waals surface area contributed by atoms with Crippen molar-refractivity contribution in [1.29, 1.82) is 0 Å². The second-order valence-electron chi connectivity index (χ2n) is 6.31. The third-order valence-corrected chi connectivity index (χ3v) is 5.04. The first-order chi connectivity index (χ1) is 13.4. The summed E-state index contributed by atoms with van der Waals surface area (Å²) in [7, 11) is 3.47. The molecular weight excluding hydrogens is 392 g/mol. The fourth-order valence-corrected chi connectivity index (χ4v) is 3.25. The van der Waals surface area contributed by atoms with E-state index in [0.717, 1.165) is 16.8 Å². The quantitative estimate of drug-likeness (QED) is 0.624. The van der Waals surface area contributed by atoms with Crippen LogP contribution in [-0.2, 0) is 4.79 Å². The molecule has 0 spiro atoms. The molecule has 0 saturated carbocycles. The molecule has 2 aromatic rings. The monoisotopic (exact) mass is 410 g/mol. The van der Waals surface area contributed by atoms with Gasteiger partial charge >= 0.3 is 0 Å². The van der Waals surface area contributed by atoms with E-state index in [-0.39, 0.29) is 5.91 Å². The van der Waals surface area contributed by atoms with Gasteiger partial charge in [-0.25, -0.2) is 4.99 Å².